The maximum Gasteiger partial charge on any atom is 0.342 e. The van der Waals surface area contributed by atoms with Crippen molar-refractivity contribution in [3.8, 4) is 5.75 Å². The molecule has 2 rings (SSSR count). The molecule has 0 atom stereocenters. The summed E-state index contributed by atoms with van der Waals surface area (Å²) in [5.41, 5.74) is 2.99. The minimum atomic E-state index is -0.597. The maximum absolute atomic E-state index is 12.2. The first kappa shape index (κ1) is 18.9. The lowest BCUT2D eigenvalue weighted by molar-refractivity contribution is -0.119. The van der Waals surface area contributed by atoms with Gasteiger partial charge in [0.2, 0.25) is 0 Å². The summed E-state index contributed by atoms with van der Waals surface area (Å²) < 4.78 is 10.3. The number of methoxy groups -OCH3 is 1. The average molecular weight is 359 g/mol. The molecule has 0 heterocycles. The smallest absolute Gasteiger partial charge is 0.342 e. The van der Waals surface area contributed by atoms with E-state index in [0.29, 0.717) is 17.0 Å². The number of hydrogen-bond donors (Lipinski definition) is 1. The third-order valence-electron chi connectivity index (χ3n) is 3.63. The van der Waals surface area contributed by atoms with Crippen LogP contribution in [0.25, 0.3) is 0 Å². The van der Waals surface area contributed by atoms with Crippen molar-refractivity contribution in [3.05, 3.63) is 53.1 Å². The summed E-state index contributed by atoms with van der Waals surface area (Å²) in [5, 5.41) is 2.75. The van der Waals surface area contributed by atoms with Gasteiger partial charge in [0.1, 0.15) is 11.3 Å². The third kappa shape index (κ3) is 5.00. The molecule has 0 saturated heterocycles. The molecule has 0 saturated carbocycles. The Morgan fingerprint density at radius 1 is 1.12 bits per heavy atom. The number of carbonyl (C=O) groups excluding carboxylic acids is 2. The second kappa shape index (κ2) is 8.58. The summed E-state index contributed by atoms with van der Waals surface area (Å²) in [4.78, 5) is 25.2. The highest BCUT2D eigenvalue weighted by atomic mass is 32.2. The minimum Gasteiger partial charge on any atom is -0.496 e. The van der Waals surface area contributed by atoms with Crippen molar-refractivity contribution in [1.29, 1.82) is 0 Å². The van der Waals surface area contributed by atoms with E-state index in [1.807, 2.05) is 38.3 Å². The number of amides is 1. The summed E-state index contributed by atoms with van der Waals surface area (Å²) in [6, 6.07) is 11.0. The van der Waals surface area contributed by atoms with Crippen LogP contribution in [0.2, 0.25) is 0 Å². The number of anilines is 1. The van der Waals surface area contributed by atoms with Gasteiger partial charge in [-0.3, -0.25) is 4.79 Å². The van der Waals surface area contributed by atoms with Crippen LogP contribution in [0.15, 0.2) is 41.3 Å². The maximum atomic E-state index is 12.2. The first-order chi connectivity index (χ1) is 11.9. The van der Waals surface area contributed by atoms with E-state index in [2.05, 4.69) is 5.32 Å². The second-order valence-corrected chi connectivity index (χ2v) is 6.39. The Balaban J connectivity index is 2.00. The van der Waals surface area contributed by atoms with Crippen LogP contribution in [0.3, 0.4) is 0 Å². The largest absolute Gasteiger partial charge is 0.496 e. The van der Waals surface area contributed by atoms with Gasteiger partial charge in [-0.1, -0.05) is 12.1 Å². The molecule has 132 valence electrons. The van der Waals surface area contributed by atoms with E-state index in [1.54, 1.807) is 30.0 Å². The second-order valence-electron chi connectivity index (χ2n) is 5.51. The molecule has 25 heavy (non-hydrogen) atoms. The van der Waals surface area contributed by atoms with Gasteiger partial charge in [-0.25, -0.2) is 4.79 Å². The zero-order chi connectivity index (χ0) is 18.4. The Hall–Kier alpha value is -2.47. The molecule has 2 aromatic rings. The van der Waals surface area contributed by atoms with Crippen molar-refractivity contribution in [2.75, 3.05) is 25.3 Å². The van der Waals surface area contributed by atoms with Crippen LogP contribution in [-0.4, -0.2) is 31.8 Å². The van der Waals surface area contributed by atoms with Crippen LogP contribution < -0.4 is 10.1 Å². The van der Waals surface area contributed by atoms with Crippen molar-refractivity contribution in [3.63, 3.8) is 0 Å². The summed E-state index contributed by atoms with van der Waals surface area (Å²) in [5.74, 6) is -0.561. The molecule has 0 aromatic heterocycles. The first-order valence-corrected chi connectivity index (χ1v) is 8.93. The normalized spacial score (nSPS) is 10.2. The topological polar surface area (TPSA) is 64.6 Å². The molecule has 0 unspecified atom stereocenters. The number of nitrogens with one attached hydrogen (secondary N) is 1. The Kier molecular flexibility index (Phi) is 6.47. The Bertz CT molecular complexity index is 789. The number of thioether (sulfide) groups is 1. The lowest BCUT2D eigenvalue weighted by Gasteiger charge is -2.11. The van der Waals surface area contributed by atoms with Crippen molar-refractivity contribution in [2.24, 2.45) is 0 Å². The molecule has 0 spiro atoms. The number of esters is 1. The van der Waals surface area contributed by atoms with Crippen molar-refractivity contribution in [1.82, 2.24) is 0 Å². The zero-order valence-corrected chi connectivity index (χ0v) is 15.5. The van der Waals surface area contributed by atoms with Gasteiger partial charge < -0.3 is 14.8 Å². The number of benzene rings is 2. The van der Waals surface area contributed by atoms with Crippen LogP contribution in [0.5, 0.6) is 5.75 Å². The highest BCUT2D eigenvalue weighted by Crippen LogP contribution is 2.26. The van der Waals surface area contributed by atoms with Gasteiger partial charge in [0, 0.05) is 10.6 Å². The van der Waals surface area contributed by atoms with E-state index in [-0.39, 0.29) is 12.5 Å². The molecule has 0 aliphatic heterocycles. The standard InChI is InChI=1S/C19H21NO4S/c1-12-5-6-13(2)16(9-12)20-18(21)11-24-19(22)15-8-7-14(25-4)10-17(15)23-3/h5-10H,11H2,1-4H3,(H,20,21). The number of carbonyl (C=O) groups is 2. The Morgan fingerprint density at radius 3 is 2.56 bits per heavy atom. The van der Waals surface area contributed by atoms with Gasteiger partial charge in [0.05, 0.1) is 7.11 Å². The molecule has 2 aromatic carbocycles. The summed E-state index contributed by atoms with van der Waals surface area (Å²) in [6.45, 7) is 3.48. The molecule has 1 amide bonds. The molecule has 0 fully saturated rings. The SMILES string of the molecule is COc1cc(SC)ccc1C(=O)OCC(=O)Nc1cc(C)ccc1C. The molecule has 5 nitrogen and oxygen atoms in total. The molecule has 1 N–H and O–H groups in total. The molecule has 0 radical (unpaired) electrons. The summed E-state index contributed by atoms with van der Waals surface area (Å²) in [6.07, 6.45) is 1.93. The van der Waals surface area contributed by atoms with Gasteiger partial charge in [-0.15, -0.1) is 11.8 Å². The van der Waals surface area contributed by atoms with Gasteiger partial charge in [-0.2, -0.15) is 0 Å². The van der Waals surface area contributed by atoms with Gasteiger partial charge in [-0.05, 0) is 55.5 Å². The van der Waals surface area contributed by atoms with Crippen LogP contribution in [0.4, 0.5) is 5.69 Å². The van der Waals surface area contributed by atoms with Gasteiger partial charge >= 0.3 is 5.97 Å². The molecule has 0 bridgehead atoms. The van der Waals surface area contributed by atoms with E-state index in [1.165, 1.54) is 7.11 Å². The highest BCUT2D eigenvalue weighted by Gasteiger charge is 2.16. The predicted octanol–water partition coefficient (Wildman–Crippen LogP) is 3.83. The zero-order valence-electron chi connectivity index (χ0n) is 14.7. The van der Waals surface area contributed by atoms with Crippen LogP contribution in [0.1, 0.15) is 21.5 Å². The quantitative estimate of drug-likeness (QED) is 0.627. The lowest BCUT2D eigenvalue weighted by atomic mass is 10.1. The monoisotopic (exact) mass is 359 g/mol. The number of aryl methyl sites for hydroxylation is 2. The fourth-order valence-electron chi connectivity index (χ4n) is 2.23. The average Bonchev–Trinajstić information content (AvgIpc) is 2.62. The summed E-state index contributed by atoms with van der Waals surface area (Å²) >= 11 is 1.54. The molecule has 0 aliphatic carbocycles. The van der Waals surface area contributed by atoms with Crippen LogP contribution in [0, 0.1) is 13.8 Å². The fraction of sp³-hybridized carbons (Fsp3) is 0.263. The Labute approximate surface area is 151 Å². The molecule has 6 heteroatoms. The van der Waals surface area contributed by atoms with Gasteiger partial charge in [0.15, 0.2) is 6.61 Å². The highest BCUT2D eigenvalue weighted by molar-refractivity contribution is 7.98. The fourth-order valence-corrected chi connectivity index (χ4v) is 2.66. The third-order valence-corrected chi connectivity index (χ3v) is 4.36. The lowest BCUT2D eigenvalue weighted by Crippen LogP contribution is -2.21. The van der Waals surface area contributed by atoms with Crippen LogP contribution >= 0.6 is 11.8 Å². The first-order valence-electron chi connectivity index (χ1n) is 7.71. The van der Waals surface area contributed by atoms with Crippen molar-refractivity contribution < 1.29 is 19.1 Å². The number of ether oxygens (including phenoxy) is 2. The predicted molar refractivity (Wildman–Crippen MR) is 99.6 cm³/mol. The van der Waals surface area contributed by atoms with E-state index in [0.717, 1.165) is 16.0 Å². The van der Waals surface area contributed by atoms with Crippen LogP contribution in [-0.2, 0) is 9.53 Å². The van der Waals surface area contributed by atoms with E-state index in [4.69, 9.17) is 9.47 Å². The van der Waals surface area contributed by atoms with E-state index < -0.39 is 5.97 Å². The molecule has 0 aliphatic rings. The Morgan fingerprint density at radius 2 is 1.88 bits per heavy atom. The molecular formula is C19H21NO4S. The molecular weight excluding hydrogens is 338 g/mol. The van der Waals surface area contributed by atoms with Crippen molar-refractivity contribution in [2.45, 2.75) is 18.7 Å². The minimum absolute atomic E-state index is 0.292. The van der Waals surface area contributed by atoms with E-state index in [9.17, 15) is 9.59 Å². The number of rotatable bonds is 6. The number of hydrogen-bond acceptors (Lipinski definition) is 5. The van der Waals surface area contributed by atoms with Gasteiger partial charge in [0.25, 0.3) is 5.91 Å². The van der Waals surface area contributed by atoms with E-state index >= 15 is 0 Å². The van der Waals surface area contributed by atoms with Crippen molar-refractivity contribution >= 4 is 29.3 Å². The summed E-state index contributed by atoms with van der Waals surface area (Å²) in [7, 11) is 1.49.